The lowest BCUT2D eigenvalue weighted by atomic mass is 10.1. The molecule has 0 atom stereocenters. The number of hydrogen-bond donors (Lipinski definition) is 0. The van der Waals surface area contributed by atoms with Gasteiger partial charge in [0, 0.05) is 26.2 Å². The lowest BCUT2D eigenvalue weighted by Crippen LogP contribution is -2.45. The SMILES string of the molecule is Cc1ccc2sc(N3CCC(N(C)S(C)(=O)=O)CC3)nc2c1C. The molecule has 5 nitrogen and oxygen atoms in total. The maximum atomic E-state index is 11.7. The third-order valence-corrected chi connectivity index (χ3v) is 7.27. The van der Waals surface area contributed by atoms with Crippen molar-refractivity contribution in [3.05, 3.63) is 23.3 Å². The molecule has 1 aliphatic heterocycles. The van der Waals surface area contributed by atoms with Crippen LogP contribution in [0.4, 0.5) is 5.13 Å². The Morgan fingerprint density at radius 3 is 2.52 bits per heavy atom. The van der Waals surface area contributed by atoms with Gasteiger partial charge in [-0.3, -0.25) is 0 Å². The van der Waals surface area contributed by atoms with Crippen LogP contribution in [-0.2, 0) is 10.0 Å². The van der Waals surface area contributed by atoms with Crippen LogP contribution in [-0.4, -0.2) is 50.1 Å². The van der Waals surface area contributed by atoms with Crippen molar-refractivity contribution < 1.29 is 8.42 Å². The zero-order valence-electron chi connectivity index (χ0n) is 14.0. The minimum atomic E-state index is -3.11. The first-order chi connectivity index (χ1) is 10.8. The van der Waals surface area contributed by atoms with E-state index in [4.69, 9.17) is 4.98 Å². The number of aryl methyl sites for hydroxylation is 2. The molecule has 2 heterocycles. The summed E-state index contributed by atoms with van der Waals surface area (Å²) >= 11 is 1.72. The number of hydrogen-bond acceptors (Lipinski definition) is 5. The minimum absolute atomic E-state index is 0.0969. The van der Waals surface area contributed by atoms with E-state index in [0.29, 0.717) is 0 Å². The number of benzene rings is 1. The van der Waals surface area contributed by atoms with Gasteiger partial charge in [0.25, 0.3) is 0 Å². The molecule has 1 fully saturated rings. The largest absolute Gasteiger partial charge is 0.348 e. The van der Waals surface area contributed by atoms with Crippen LogP contribution < -0.4 is 4.90 Å². The Morgan fingerprint density at radius 2 is 1.91 bits per heavy atom. The van der Waals surface area contributed by atoms with Gasteiger partial charge in [-0.1, -0.05) is 17.4 Å². The highest BCUT2D eigenvalue weighted by Gasteiger charge is 2.28. The van der Waals surface area contributed by atoms with E-state index >= 15 is 0 Å². The monoisotopic (exact) mass is 353 g/mol. The zero-order valence-corrected chi connectivity index (χ0v) is 15.7. The number of nitrogens with zero attached hydrogens (tertiary/aromatic N) is 3. The number of thiazole rings is 1. The Labute approximate surface area is 142 Å². The number of fused-ring (bicyclic) bond motifs is 1. The first-order valence-corrected chi connectivity index (χ1v) is 10.5. The standard InChI is InChI=1S/C16H23N3O2S2/c1-11-5-6-14-15(12(11)2)17-16(22-14)19-9-7-13(8-10-19)18(3)23(4,20)21/h5-6,13H,7-10H2,1-4H3. The van der Waals surface area contributed by atoms with E-state index in [1.54, 1.807) is 18.4 Å². The summed E-state index contributed by atoms with van der Waals surface area (Å²) in [5.41, 5.74) is 3.61. The van der Waals surface area contributed by atoms with Crippen LogP contribution in [0.3, 0.4) is 0 Å². The summed E-state index contributed by atoms with van der Waals surface area (Å²) in [4.78, 5) is 7.11. The quantitative estimate of drug-likeness (QED) is 0.851. The second-order valence-electron chi connectivity index (χ2n) is 6.35. The van der Waals surface area contributed by atoms with Gasteiger partial charge in [0.1, 0.15) is 0 Å². The third kappa shape index (κ3) is 3.22. The van der Waals surface area contributed by atoms with Crippen LogP contribution in [0.5, 0.6) is 0 Å². The Morgan fingerprint density at radius 1 is 1.26 bits per heavy atom. The number of anilines is 1. The van der Waals surface area contributed by atoms with E-state index < -0.39 is 10.0 Å². The highest BCUT2D eigenvalue weighted by molar-refractivity contribution is 7.88. The normalized spacial score (nSPS) is 17.3. The van der Waals surface area contributed by atoms with Crippen LogP contribution in [0.2, 0.25) is 0 Å². The number of aromatic nitrogens is 1. The van der Waals surface area contributed by atoms with E-state index in [2.05, 4.69) is 30.9 Å². The van der Waals surface area contributed by atoms with Gasteiger partial charge in [0.05, 0.1) is 16.5 Å². The van der Waals surface area contributed by atoms with Crippen LogP contribution in [0.1, 0.15) is 24.0 Å². The van der Waals surface area contributed by atoms with Crippen molar-refractivity contribution in [2.75, 3.05) is 31.3 Å². The highest BCUT2D eigenvalue weighted by atomic mass is 32.2. The Kier molecular flexibility index (Phi) is 4.37. The molecule has 0 bridgehead atoms. The Balaban J connectivity index is 1.77. The molecule has 0 amide bonds. The van der Waals surface area contributed by atoms with Gasteiger partial charge in [-0.15, -0.1) is 0 Å². The smallest absolute Gasteiger partial charge is 0.211 e. The molecule has 0 spiro atoms. The Hall–Kier alpha value is -1.18. The molecule has 23 heavy (non-hydrogen) atoms. The molecule has 0 radical (unpaired) electrons. The van der Waals surface area contributed by atoms with Crippen LogP contribution >= 0.6 is 11.3 Å². The van der Waals surface area contributed by atoms with Gasteiger partial charge >= 0.3 is 0 Å². The summed E-state index contributed by atoms with van der Waals surface area (Å²) in [5, 5.41) is 1.05. The van der Waals surface area contributed by atoms with Crippen molar-refractivity contribution >= 4 is 36.7 Å². The molecular weight excluding hydrogens is 330 g/mol. The summed E-state index contributed by atoms with van der Waals surface area (Å²) in [5.74, 6) is 0. The molecule has 3 rings (SSSR count). The van der Waals surface area contributed by atoms with Gasteiger partial charge in [-0.2, -0.15) is 0 Å². The molecule has 0 saturated carbocycles. The van der Waals surface area contributed by atoms with Crippen molar-refractivity contribution in [3.63, 3.8) is 0 Å². The molecule has 0 unspecified atom stereocenters. The van der Waals surface area contributed by atoms with Gasteiger partial charge in [0.15, 0.2) is 5.13 Å². The molecular formula is C16H23N3O2S2. The van der Waals surface area contributed by atoms with Crippen LogP contribution in [0, 0.1) is 13.8 Å². The van der Waals surface area contributed by atoms with E-state index in [0.717, 1.165) is 36.6 Å². The average Bonchev–Trinajstić information content (AvgIpc) is 2.94. The first kappa shape index (κ1) is 16.7. The summed E-state index contributed by atoms with van der Waals surface area (Å²) in [6.45, 7) is 5.93. The second kappa shape index (κ2) is 6.03. The average molecular weight is 354 g/mol. The zero-order chi connectivity index (χ0) is 16.8. The van der Waals surface area contributed by atoms with Crippen LogP contribution in [0.25, 0.3) is 10.2 Å². The molecule has 7 heteroatoms. The first-order valence-electron chi connectivity index (χ1n) is 7.82. The fraction of sp³-hybridized carbons (Fsp3) is 0.562. The highest BCUT2D eigenvalue weighted by Crippen LogP contribution is 2.33. The van der Waals surface area contributed by atoms with Gasteiger partial charge in [-0.25, -0.2) is 17.7 Å². The van der Waals surface area contributed by atoms with Crippen LogP contribution in [0.15, 0.2) is 12.1 Å². The fourth-order valence-corrected chi connectivity index (χ4v) is 4.87. The van der Waals surface area contributed by atoms with Crippen molar-refractivity contribution in [2.24, 2.45) is 0 Å². The maximum absolute atomic E-state index is 11.7. The van der Waals surface area contributed by atoms with Crippen molar-refractivity contribution in [2.45, 2.75) is 32.7 Å². The number of piperidine rings is 1. The van der Waals surface area contributed by atoms with Crippen molar-refractivity contribution in [3.8, 4) is 0 Å². The van der Waals surface area contributed by atoms with Gasteiger partial charge in [-0.05, 0) is 43.9 Å². The predicted octanol–water partition coefficient (Wildman–Crippen LogP) is 2.77. The lowest BCUT2D eigenvalue weighted by molar-refractivity contribution is 0.314. The Bertz CT molecular complexity index is 821. The topological polar surface area (TPSA) is 53.5 Å². The molecule has 1 aromatic heterocycles. The van der Waals surface area contributed by atoms with Crippen molar-refractivity contribution in [1.82, 2.24) is 9.29 Å². The minimum Gasteiger partial charge on any atom is -0.348 e. The third-order valence-electron chi connectivity index (χ3n) is 4.85. The molecule has 0 N–H and O–H groups in total. The molecule has 1 saturated heterocycles. The second-order valence-corrected chi connectivity index (χ2v) is 9.40. The molecule has 2 aromatic rings. The van der Waals surface area contributed by atoms with Gasteiger partial charge < -0.3 is 4.90 Å². The van der Waals surface area contributed by atoms with Gasteiger partial charge in [0.2, 0.25) is 10.0 Å². The van der Waals surface area contributed by atoms with E-state index in [1.165, 1.54) is 26.4 Å². The van der Waals surface area contributed by atoms with E-state index in [9.17, 15) is 8.42 Å². The number of rotatable bonds is 3. The van der Waals surface area contributed by atoms with Crippen molar-refractivity contribution in [1.29, 1.82) is 0 Å². The molecule has 126 valence electrons. The van der Waals surface area contributed by atoms with E-state index in [-0.39, 0.29) is 6.04 Å². The van der Waals surface area contributed by atoms with E-state index in [1.807, 2.05) is 0 Å². The molecule has 0 aliphatic carbocycles. The lowest BCUT2D eigenvalue weighted by Gasteiger charge is -2.35. The molecule has 1 aromatic carbocycles. The summed E-state index contributed by atoms with van der Waals surface area (Å²) < 4.78 is 26.1. The maximum Gasteiger partial charge on any atom is 0.211 e. The fourth-order valence-electron chi connectivity index (χ4n) is 3.04. The summed E-state index contributed by atoms with van der Waals surface area (Å²) in [6, 6.07) is 4.38. The summed E-state index contributed by atoms with van der Waals surface area (Å²) in [7, 11) is -1.43. The summed E-state index contributed by atoms with van der Waals surface area (Å²) in [6.07, 6.45) is 2.97. The molecule has 1 aliphatic rings. The predicted molar refractivity (Wildman–Crippen MR) is 96.9 cm³/mol. The number of sulfonamides is 1.